The zero-order valence-corrected chi connectivity index (χ0v) is 51.2. The lowest BCUT2D eigenvalue weighted by Gasteiger charge is -2.49. The average Bonchev–Trinajstić information content (AvgIpc) is 3.10. The van der Waals surface area contributed by atoms with Gasteiger partial charge in [0.2, 0.25) is 11.9 Å². The van der Waals surface area contributed by atoms with Crippen molar-refractivity contribution in [2.75, 3.05) is 30.4 Å². The van der Waals surface area contributed by atoms with Crippen LogP contribution in [0.2, 0.25) is 0 Å². The Labute approximate surface area is 446 Å². The second kappa shape index (κ2) is 23.5. The molecule has 4 saturated heterocycles. The fraction of sp³-hybridized carbons (Fsp3) is 0.915. The highest BCUT2D eigenvalue weighted by molar-refractivity contribution is 5.77. The lowest BCUT2D eigenvalue weighted by Crippen LogP contribution is -2.62. The number of hydrogen-bond acceptors (Lipinski definition) is 14. The topological polar surface area (TPSA) is 158 Å². The number of ether oxygens (including phenoxy) is 2. The Morgan fingerprint density at radius 3 is 1.27 bits per heavy atom. The van der Waals surface area contributed by atoms with Gasteiger partial charge in [-0.3, -0.25) is 9.59 Å². The van der Waals surface area contributed by atoms with E-state index < -0.39 is 0 Å². The van der Waals surface area contributed by atoms with Gasteiger partial charge in [-0.05, 0) is 196 Å². The van der Waals surface area contributed by atoms with Gasteiger partial charge in [-0.25, -0.2) is 0 Å². The molecule has 14 nitrogen and oxygen atoms in total. The number of nitrogens with zero attached hydrogens (tertiary/aromatic N) is 5. The first kappa shape index (κ1) is 62.9. The number of nitrogens with one attached hydrogen (secondary N) is 5. The van der Waals surface area contributed by atoms with Crippen molar-refractivity contribution in [1.82, 2.24) is 41.1 Å². The molecule has 0 aliphatic carbocycles. The predicted molar refractivity (Wildman–Crippen MR) is 303 cm³/mol. The first-order valence-corrected chi connectivity index (χ1v) is 28.5. The third-order valence-corrected chi connectivity index (χ3v) is 14.9. The molecule has 0 amide bonds. The van der Waals surface area contributed by atoms with Crippen molar-refractivity contribution in [2.45, 2.75) is 323 Å². The highest BCUT2D eigenvalue weighted by Gasteiger charge is 2.43. The van der Waals surface area contributed by atoms with Gasteiger partial charge in [-0.2, -0.15) is 15.0 Å². The number of piperidine rings is 4. The number of anilines is 2. The van der Waals surface area contributed by atoms with Gasteiger partial charge in [0.05, 0.1) is 12.8 Å². The number of carbonyl (C=O) groups is 2. The van der Waals surface area contributed by atoms with Crippen LogP contribution in [0.1, 0.15) is 248 Å². The van der Waals surface area contributed by atoms with Crippen LogP contribution in [-0.4, -0.2) is 126 Å². The Hall–Kier alpha value is -2.65. The molecule has 5 N–H and O–H groups in total. The summed E-state index contributed by atoms with van der Waals surface area (Å²) in [6, 6.07) is 1.01. The smallest absolute Gasteiger partial charge is 0.306 e. The summed E-state index contributed by atoms with van der Waals surface area (Å²) in [6.07, 6.45) is 13.4. The summed E-state index contributed by atoms with van der Waals surface area (Å²) >= 11 is 0. The highest BCUT2D eigenvalue weighted by atomic mass is 16.6. The molecule has 73 heavy (non-hydrogen) atoms. The lowest BCUT2D eigenvalue weighted by atomic mass is 9.79. The van der Waals surface area contributed by atoms with Crippen molar-refractivity contribution in [3.05, 3.63) is 5.82 Å². The van der Waals surface area contributed by atoms with Crippen LogP contribution in [0.25, 0.3) is 0 Å². The molecule has 1 aromatic rings. The molecule has 5 heterocycles. The van der Waals surface area contributed by atoms with Gasteiger partial charge < -0.3 is 45.9 Å². The van der Waals surface area contributed by atoms with Crippen LogP contribution in [0.5, 0.6) is 0 Å². The molecule has 0 bridgehead atoms. The van der Waals surface area contributed by atoms with Crippen molar-refractivity contribution in [2.24, 2.45) is 5.41 Å². The predicted octanol–water partition coefficient (Wildman–Crippen LogP) is 11.2. The Bertz CT molecular complexity index is 1850. The van der Waals surface area contributed by atoms with E-state index in [2.05, 4.69) is 189 Å². The normalized spacial score (nSPS) is 23.7. The number of hydrogen-bond donors (Lipinski definition) is 5. The Balaban J connectivity index is 0.000000353. The molecule has 5 rings (SSSR count). The molecule has 14 heteroatoms. The average molecular weight is 1030 g/mol. The molecule has 0 aromatic carbocycles. The SMILES string of the molecule is CC1(C)CC(OC(=O)CCC(=O)OC2CC(C)(C)NC(C)(C)C2)CC(C)(C)N1.Cc1nc(NC(C)(C)CC(C)(C)C)nc(N(CCCCCCN(C)C2CC(C)(C)NC(C)(C)C2)C2CC(C)(C)NC(C)(C)C2)n1. The number of aromatic nitrogens is 3. The van der Waals surface area contributed by atoms with E-state index in [1.807, 2.05) is 6.92 Å². The second-order valence-corrected chi connectivity index (χ2v) is 30.6. The highest BCUT2D eigenvalue weighted by Crippen LogP contribution is 2.36. The van der Waals surface area contributed by atoms with E-state index in [4.69, 9.17) is 24.4 Å². The van der Waals surface area contributed by atoms with Gasteiger partial charge >= 0.3 is 11.9 Å². The van der Waals surface area contributed by atoms with Crippen molar-refractivity contribution < 1.29 is 19.1 Å². The molecule has 0 atom stereocenters. The van der Waals surface area contributed by atoms with Crippen molar-refractivity contribution in [3.63, 3.8) is 0 Å². The van der Waals surface area contributed by atoms with Crippen molar-refractivity contribution in [3.8, 4) is 0 Å². The van der Waals surface area contributed by atoms with E-state index in [0.717, 1.165) is 69.7 Å². The minimum absolute atomic E-state index is 0.0465. The van der Waals surface area contributed by atoms with Gasteiger partial charge in [-0.15, -0.1) is 0 Å². The number of esters is 2. The van der Waals surface area contributed by atoms with Gasteiger partial charge in [0, 0.05) is 94.2 Å². The molecule has 4 aliphatic rings. The fourth-order valence-electron chi connectivity index (χ4n) is 14.3. The number of unbranched alkanes of at least 4 members (excludes halogenated alkanes) is 3. The van der Waals surface area contributed by atoms with Crippen LogP contribution in [0.3, 0.4) is 0 Å². The molecule has 0 saturated carbocycles. The quantitative estimate of drug-likeness (QED) is 0.0699. The minimum Gasteiger partial charge on any atom is -0.462 e. The Kier molecular flexibility index (Phi) is 20.3. The molecule has 0 radical (unpaired) electrons. The second-order valence-electron chi connectivity index (χ2n) is 30.6. The third kappa shape index (κ3) is 22.5. The Morgan fingerprint density at radius 1 is 0.534 bits per heavy atom. The maximum atomic E-state index is 12.3. The summed E-state index contributed by atoms with van der Waals surface area (Å²) in [5.74, 6) is 1.66. The van der Waals surface area contributed by atoms with E-state index in [9.17, 15) is 9.59 Å². The standard InChI is InChI=1S/C37H72N8.C22H40N2O4/c1-27-38-30(41-37(13,14)26-32(2,3)4)40-31(39-27)45(29-24-35(9,10)43-36(11,12)25-29)21-19-17-16-18-20-44(15)28-22-33(5,6)42-34(7,8)23-28;1-19(2)11-15(12-20(3,4)23-19)27-17(25)9-10-18(26)28-16-13-21(5,6)24-22(7,8)14-16/h28-29,42-43H,16-26H2,1-15H3,(H,38,39,40,41);15-16,23-24H,9-14H2,1-8H3. The number of rotatable bonds is 18. The van der Waals surface area contributed by atoms with E-state index in [1.165, 1.54) is 38.6 Å². The molecule has 4 aliphatic heterocycles. The van der Waals surface area contributed by atoms with E-state index >= 15 is 0 Å². The monoisotopic (exact) mass is 1020 g/mol. The summed E-state index contributed by atoms with van der Waals surface area (Å²) in [4.78, 5) is 44.5. The van der Waals surface area contributed by atoms with Crippen LogP contribution in [0, 0.1) is 12.3 Å². The zero-order valence-electron chi connectivity index (χ0n) is 51.2. The Morgan fingerprint density at radius 2 is 0.890 bits per heavy atom. The molecule has 1 aromatic heterocycles. The number of carbonyl (C=O) groups excluding carboxylic acids is 2. The summed E-state index contributed by atoms with van der Waals surface area (Å²) in [5.41, 5.74) is 0.214. The van der Waals surface area contributed by atoms with Crippen LogP contribution >= 0.6 is 0 Å². The summed E-state index contributed by atoms with van der Waals surface area (Å²) < 4.78 is 11.3. The van der Waals surface area contributed by atoms with E-state index in [-0.39, 0.29) is 92.3 Å². The van der Waals surface area contributed by atoms with Crippen LogP contribution in [-0.2, 0) is 19.1 Å². The summed E-state index contributed by atoms with van der Waals surface area (Å²) in [6.45, 7) is 51.2. The molecule has 422 valence electrons. The first-order valence-electron chi connectivity index (χ1n) is 28.5. The van der Waals surface area contributed by atoms with Gasteiger partial charge in [0.1, 0.15) is 18.0 Å². The van der Waals surface area contributed by atoms with E-state index in [1.54, 1.807) is 0 Å². The first-order chi connectivity index (χ1) is 32.9. The third-order valence-electron chi connectivity index (χ3n) is 14.9. The van der Waals surface area contributed by atoms with E-state index in [0.29, 0.717) is 18.0 Å². The molecule has 4 fully saturated rings. The molecular formula is C59H112N10O4. The summed E-state index contributed by atoms with van der Waals surface area (Å²) in [5, 5.41) is 18.5. The van der Waals surface area contributed by atoms with Gasteiger partial charge in [0.25, 0.3) is 0 Å². The number of aryl methyl sites for hydroxylation is 1. The maximum absolute atomic E-state index is 12.3. The molecule has 0 spiro atoms. The maximum Gasteiger partial charge on any atom is 0.306 e. The lowest BCUT2D eigenvalue weighted by molar-refractivity contribution is -0.160. The zero-order chi connectivity index (χ0) is 55.4. The molecular weight excluding hydrogens is 913 g/mol. The van der Waals surface area contributed by atoms with Crippen molar-refractivity contribution in [1.29, 1.82) is 0 Å². The van der Waals surface area contributed by atoms with Crippen LogP contribution in [0.15, 0.2) is 0 Å². The van der Waals surface area contributed by atoms with Crippen molar-refractivity contribution >= 4 is 23.8 Å². The summed E-state index contributed by atoms with van der Waals surface area (Å²) in [7, 11) is 2.34. The fourth-order valence-corrected chi connectivity index (χ4v) is 14.3. The molecule has 0 unspecified atom stereocenters. The van der Waals surface area contributed by atoms with Gasteiger partial charge in [-0.1, -0.05) is 33.6 Å². The van der Waals surface area contributed by atoms with Crippen LogP contribution in [0.4, 0.5) is 11.9 Å². The largest absolute Gasteiger partial charge is 0.462 e. The minimum atomic E-state index is -0.318. The van der Waals surface area contributed by atoms with Gasteiger partial charge in [0.15, 0.2) is 0 Å². The van der Waals surface area contributed by atoms with Crippen LogP contribution < -0.4 is 31.5 Å².